The highest BCUT2D eigenvalue weighted by atomic mass is 79.9. The van der Waals surface area contributed by atoms with Crippen molar-refractivity contribution in [2.24, 2.45) is 0 Å². The third-order valence-corrected chi connectivity index (χ3v) is 3.03. The molecule has 2 rings (SSSR count). The summed E-state index contributed by atoms with van der Waals surface area (Å²) in [6, 6.07) is 12.8. The zero-order chi connectivity index (χ0) is 13.8. The van der Waals surface area contributed by atoms with Crippen LogP contribution in [0.5, 0.6) is 5.75 Å². The SMILES string of the molecule is COc1cc(Br)cc(Nc2cc(C#N)ccc2N)c1. The first-order valence-corrected chi connectivity index (χ1v) is 6.33. The topological polar surface area (TPSA) is 71.1 Å². The van der Waals surface area contributed by atoms with Crippen LogP contribution in [0.1, 0.15) is 5.56 Å². The summed E-state index contributed by atoms with van der Waals surface area (Å²) >= 11 is 3.41. The molecule has 0 spiro atoms. The van der Waals surface area contributed by atoms with Gasteiger partial charge in [0.2, 0.25) is 0 Å². The maximum absolute atomic E-state index is 8.90. The fourth-order valence-electron chi connectivity index (χ4n) is 1.64. The van der Waals surface area contributed by atoms with Crippen LogP contribution in [0.4, 0.5) is 17.1 Å². The number of rotatable bonds is 3. The van der Waals surface area contributed by atoms with E-state index >= 15 is 0 Å². The second-order valence-electron chi connectivity index (χ2n) is 3.92. The Morgan fingerprint density at radius 3 is 2.74 bits per heavy atom. The largest absolute Gasteiger partial charge is 0.497 e. The summed E-state index contributed by atoms with van der Waals surface area (Å²) < 4.78 is 6.09. The smallest absolute Gasteiger partial charge is 0.122 e. The summed E-state index contributed by atoms with van der Waals surface area (Å²) in [4.78, 5) is 0. The maximum Gasteiger partial charge on any atom is 0.122 e. The Kier molecular flexibility index (Phi) is 3.93. The van der Waals surface area contributed by atoms with Gasteiger partial charge in [0, 0.05) is 16.2 Å². The normalized spacial score (nSPS) is 9.74. The summed E-state index contributed by atoms with van der Waals surface area (Å²) in [5.74, 6) is 0.729. The summed E-state index contributed by atoms with van der Waals surface area (Å²) in [6.07, 6.45) is 0. The van der Waals surface area contributed by atoms with Crippen LogP contribution in [0.25, 0.3) is 0 Å². The molecule has 0 atom stereocenters. The highest BCUT2D eigenvalue weighted by molar-refractivity contribution is 9.10. The van der Waals surface area contributed by atoms with E-state index in [0.717, 1.165) is 15.9 Å². The number of nitriles is 1. The van der Waals surface area contributed by atoms with E-state index in [9.17, 15) is 0 Å². The average molecular weight is 318 g/mol. The quantitative estimate of drug-likeness (QED) is 0.847. The maximum atomic E-state index is 8.90. The van der Waals surface area contributed by atoms with E-state index in [1.165, 1.54) is 0 Å². The first kappa shape index (κ1) is 13.2. The van der Waals surface area contributed by atoms with Crippen molar-refractivity contribution in [3.8, 4) is 11.8 Å². The molecule has 0 aliphatic rings. The molecule has 0 saturated heterocycles. The average Bonchev–Trinajstić information content (AvgIpc) is 2.40. The highest BCUT2D eigenvalue weighted by Crippen LogP contribution is 2.29. The molecule has 0 aliphatic carbocycles. The lowest BCUT2D eigenvalue weighted by atomic mass is 10.2. The molecule has 0 bridgehead atoms. The van der Waals surface area contributed by atoms with E-state index in [-0.39, 0.29) is 0 Å². The van der Waals surface area contributed by atoms with Gasteiger partial charge >= 0.3 is 0 Å². The number of nitrogens with zero attached hydrogens (tertiary/aromatic N) is 1. The third kappa shape index (κ3) is 3.18. The number of benzene rings is 2. The van der Waals surface area contributed by atoms with Crippen LogP contribution in [0.2, 0.25) is 0 Å². The zero-order valence-corrected chi connectivity index (χ0v) is 11.9. The highest BCUT2D eigenvalue weighted by Gasteiger charge is 2.04. The van der Waals surface area contributed by atoms with Crippen molar-refractivity contribution in [2.75, 3.05) is 18.2 Å². The van der Waals surface area contributed by atoms with E-state index in [0.29, 0.717) is 16.9 Å². The van der Waals surface area contributed by atoms with Gasteiger partial charge in [-0.1, -0.05) is 15.9 Å². The van der Waals surface area contributed by atoms with Gasteiger partial charge in [0.25, 0.3) is 0 Å². The lowest BCUT2D eigenvalue weighted by Gasteiger charge is -2.11. The predicted octanol–water partition coefficient (Wildman–Crippen LogP) is 3.66. The van der Waals surface area contributed by atoms with Crippen LogP contribution < -0.4 is 15.8 Å². The fraction of sp³-hybridized carbons (Fsp3) is 0.0714. The minimum Gasteiger partial charge on any atom is -0.497 e. The summed E-state index contributed by atoms with van der Waals surface area (Å²) in [6.45, 7) is 0. The number of ether oxygens (including phenoxy) is 1. The molecule has 0 aliphatic heterocycles. The molecule has 0 amide bonds. The second-order valence-corrected chi connectivity index (χ2v) is 4.83. The van der Waals surface area contributed by atoms with Gasteiger partial charge in [-0.25, -0.2) is 0 Å². The van der Waals surface area contributed by atoms with Crippen molar-refractivity contribution in [3.63, 3.8) is 0 Å². The number of anilines is 3. The Morgan fingerprint density at radius 2 is 2.05 bits per heavy atom. The molecule has 0 heterocycles. The number of nitrogens with one attached hydrogen (secondary N) is 1. The van der Waals surface area contributed by atoms with Gasteiger partial charge in [-0.3, -0.25) is 0 Å². The number of nitrogens with two attached hydrogens (primary N) is 1. The van der Waals surface area contributed by atoms with Crippen molar-refractivity contribution < 1.29 is 4.74 Å². The van der Waals surface area contributed by atoms with Crippen molar-refractivity contribution in [1.82, 2.24) is 0 Å². The van der Waals surface area contributed by atoms with Gasteiger partial charge in [0.1, 0.15) is 5.75 Å². The third-order valence-electron chi connectivity index (χ3n) is 2.57. The van der Waals surface area contributed by atoms with Gasteiger partial charge in [0.05, 0.1) is 30.1 Å². The van der Waals surface area contributed by atoms with Crippen molar-refractivity contribution >= 4 is 33.0 Å². The summed E-state index contributed by atoms with van der Waals surface area (Å²) in [5.41, 5.74) is 8.54. The molecular weight excluding hydrogens is 306 g/mol. The van der Waals surface area contributed by atoms with Gasteiger partial charge < -0.3 is 15.8 Å². The zero-order valence-electron chi connectivity index (χ0n) is 10.3. The van der Waals surface area contributed by atoms with E-state index in [1.54, 1.807) is 25.3 Å². The number of halogens is 1. The van der Waals surface area contributed by atoms with Gasteiger partial charge in [0.15, 0.2) is 0 Å². The van der Waals surface area contributed by atoms with Crippen molar-refractivity contribution in [1.29, 1.82) is 5.26 Å². The Labute approximate surface area is 119 Å². The van der Waals surface area contributed by atoms with E-state index < -0.39 is 0 Å². The predicted molar refractivity (Wildman–Crippen MR) is 79.5 cm³/mol. The van der Waals surface area contributed by atoms with Gasteiger partial charge in [-0.05, 0) is 30.3 Å². The lowest BCUT2D eigenvalue weighted by Crippen LogP contribution is -1.97. The molecule has 5 heteroatoms. The van der Waals surface area contributed by atoms with Crippen molar-refractivity contribution in [3.05, 3.63) is 46.4 Å². The molecule has 0 unspecified atom stereocenters. The lowest BCUT2D eigenvalue weighted by molar-refractivity contribution is 0.415. The van der Waals surface area contributed by atoms with E-state index in [4.69, 9.17) is 15.7 Å². The number of nitrogen functional groups attached to an aromatic ring is 1. The Balaban J connectivity index is 2.36. The van der Waals surface area contributed by atoms with Crippen molar-refractivity contribution in [2.45, 2.75) is 0 Å². The fourth-order valence-corrected chi connectivity index (χ4v) is 2.11. The minimum atomic E-state index is 0.554. The molecule has 96 valence electrons. The minimum absolute atomic E-state index is 0.554. The number of hydrogen-bond donors (Lipinski definition) is 2. The van der Waals surface area contributed by atoms with Crippen LogP contribution in [-0.4, -0.2) is 7.11 Å². The molecule has 0 aromatic heterocycles. The van der Waals surface area contributed by atoms with E-state index in [2.05, 4.69) is 27.3 Å². The standard InChI is InChI=1S/C14H12BrN3O/c1-19-12-6-10(15)5-11(7-12)18-14-4-9(8-16)2-3-13(14)17/h2-7,18H,17H2,1H3. The molecule has 4 nitrogen and oxygen atoms in total. The Bertz CT molecular complexity index is 650. The Hall–Kier alpha value is -2.19. The molecule has 0 fully saturated rings. The first-order valence-electron chi connectivity index (χ1n) is 5.53. The molecular formula is C14H12BrN3O. The van der Waals surface area contributed by atoms with Gasteiger partial charge in [-0.15, -0.1) is 0 Å². The monoisotopic (exact) mass is 317 g/mol. The molecule has 2 aromatic rings. The van der Waals surface area contributed by atoms with Crippen LogP contribution in [0.15, 0.2) is 40.9 Å². The van der Waals surface area contributed by atoms with Crippen LogP contribution in [0, 0.1) is 11.3 Å². The number of methoxy groups -OCH3 is 1. The molecule has 2 aromatic carbocycles. The molecule has 3 N–H and O–H groups in total. The Morgan fingerprint density at radius 1 is 1.26 bits per heavy atom. The van der Waals surface area contributed by atoms with Crippen LogP contribution in [0.3, 0.4) is 0 Å². The summed E-state index contributed by atoms with van der Waals surface area (Å²) in [5, 5.41) is 12.1. The van der Waals surface area contributed by atoms with Gasteiger partial charge in [-0.2, -0.15) is 5.26 Å². The number of hydrogen-bond acceptors (Lipinski definition) is 4. The summed E-state index contributed by atoms with van der Waals surface area (Å²) in [7, 11) is 1.61. The molecule has 19 heavy (non-hydrogen) atoms. The molecule has 0 saturated carbocycles. The van der Waals surface area contributed by atoms with Crippen LogP contribution >= 0.6 is 15.9 Å². The van der Waals surface area contributed by atoms with E-state index in [1.807, 2.05) is 18.2 Å². The van der Waals surface area contributed by atoms with Crippen LogP contribution in [-0.2, 0) is 0 Å². The molecule has 0 radical (unpaired) electrons. The first-order chi connectivity index (χ1) is 9.12. The second kappa shape index (κ2) is 5.63.